The average molecular weight is 370 g/mol. The fourth-order valence-corrected chi connectivity index (χ4v) is 4.19. The number of aryl methyl sites for hydroxylation is 1. The van der Waals surface area contributed by atoms with Crippen LogP contribution in [0.5, 0.6) is 11.5 Å². The first-order chi connectivity index (χ1) is 12.5. The minimum Gasteiger partial charge on any atom is -0.494 e. The number of methoxy groups -OCH3 is 1. The highest BCUT2D eigenvalue weighted by Crippen LogP contribution is 2.49. The van der Waals surface area contributed by atoms with Crippen LogP contribution in [0.25, 0.3) is 0 Å². The van der Waals surface area contributed by atoms with Gasteiger partial charge < -0.3 is 19.9 Å². The lowest BCUT2D eigenvalue weighted by Gasteiger charge is -2.24. The minimum atomic E-state index is -0.487. The van der Waals surface area contributed by atoms with Gasteiger partial charge in [0.1, 0.15) is 23.0 Å². The van der Waals surface area contributed by atoms with E-state index in [-0.39, 0.29) is 5.88 Å². The van der Waals surface area contributed by atoms with E-state index in [4.69, 9.17) is 19.9 Å². The quantitative estimate of drug-likeness (QED) is 0.828. The Morgan fingerprint density at radius 1 is 1.38 bits per heavy atom. The van der Waals surface area contributed by atoms with Crippen molar-refractivity contribution in [3.8, 4) is 17.6 Å². The molecule has 3 rings (SSSR count). The number of nitrogens with zero attached hydrogens (tertiary/aromatic N) is 1. The Bertz CT molecular complexity index is 922. The van der Waals surface area contributed by atoms with Crippen molar-refractivity contribution in [2.75, 3.05) is 13.7 Å². The molecule has 1 aromatic heterocycles. The van der Waals surface area contributed by atoms with Crippen LogP contribution >= 0.6 is 11.3 Å². The molecule has 1 aromatic carbocycles. The number of nitriles is 1. The van der Waals surface area contributed by atoms with Crippen LogP contribution in [-0.4, -0.2) is 19.7 Å². The maximum absolute atomic E-state index is 12.2. The zero-order chi connectivity index (χ0) is 18.8. The van der Waals surface area contributed by atoms with E-state index in [1.807, 2.05) is 38.1 Å². The third-order valence-electron chi connectivity index (χ3n) is 4.13. The molecule has 0 amide bonds. The Labute approximate surface area is 155 Å². The molecule has 1 aliphatic rings. The Kier molecular flexibility index (Phi) is 4.87. The van der Waals surface area contributed by atoms with Crippen molar-refractivity contribution >= 4 is 17.3 Å². The molecule has 6 nitrogen and oxygen atoms in total. The highest BCUT2D eigenvalue weighted by molar-refractivity contribution is 7.12. The van der Waals surface area contributed by atoms with Crippen LogP contribution < -0.4 is 15.2 Å². The second kappa shape index (κ2) is 7.10. The number of esters is 1. The summed E-state index contributed by atoms with van der Waals surface area (Å²) in [6.07, 6.45) is 0. The normalized spacial score (nSPS) is 15.7. The number of carbonyl (C=O) groups is 1. The van der Waals surface area contributed by atoms with Gasteiger partial charge in [-0.2, -0.15) is 5.26 Å². The molecule has 1 aliphatic heterocycles. The molecule has 0 fully saturated rings. The van der Waals surface area contributed by atoms with E-state index in [0.717, 1.165) is 21.1 Å². The fourth-order valence-electron chi connectivity index (χ4n) is 2.97. The zero-order valence-corrected chi connectivity index (χ0v) is 15.5. The first kappa shape index (κ1) is 17.8. The number of nitrogens with two attached hydrogens (primary N) is 1. The maximum atomic E-state index is 12.2. The summed E-state index contributed by atoms with van der Waals surface area (Å²) < 4.78 is 16.0. The third-order valence-corrected chi connectivity index (χ3v) is 5.28. The number of fused-ring (bicyclic) bond motifs is 1. The third kappa shape index (κ3) is 2.89. The molecule has 7 heteroatoms. The van der Waals surface area contributed by atoms with Gasteiger partial charge in [0.2, 0.25) is 5.88 Å². The Morgan fingerprint density at radius 3 is 2.65 bits per heavy atom. The number of ether oxygens (including phenoxy) is 3. The summed E-state index contributed by atoms with van der Waals surface area (Å²) in [6, 6.07) is 9.62. The number of carbonyl (C=O) groups excluding carboxylic acids is 1. The van der Waals surface area contributed by atoms with Crippen molar-refractivity contribution < 1.29 is 19.0 Å². The van der Waals surface area contributed by atoms with Gasteiger partial charge >= 0.3 is 5.97 Å². The first-order valence-electron chi connectivity index (χ1n) is 8.03. The second-order valence-corrected chi connectivity index (χ2v) is 6.90. The van der Waals surface area contributed by atoms with Crippen LogP contribution in [0, 0.1) is 18.3 Å². The number of rotatable bonds is 4. The summed E-state index contributed by atoms with van der Waals surface area (Å²) in [7, 11) is 1.32. The Balaban J connectivity index is 2.15. The van der Waals surface area contributed by atoms with Crippen molar-refractivity contribution in [1.29, 1.82) is 5.26 Å². The van der Waals surface area contributed by atoms with Gasteiger partial charge in [0, 0.05) is 4.88 Å². The highest BCUT2D eigenvalue weighted by Gasteiger charge is 2.37. The lowest BCUT2D eigenvalue weighted by molar-refractivity contribution is 0.0597. The molecule has 0 bridgehead atoms. The topological polar surface area (TPSA) is 94.6 Å². The van der Waals surface area contributed by atoms with Crippen LogP contribution in [0.4, 0.5) is 0 Å². The molecule has 0 radical (unpaired) electrons. The first-order valence-corrected chi connectivity index (χ1v) is 8.85. The van der Waals surface area contributed by atoms with Crippen LogP contribution in [0.3, 0.4) is 0 Å². The smallest absolute Gasteiger partial charge is 0.342 e. The molecule has 26 heavy (non-hydrogen) atoms. The van der Waals surface area contributed by atoms with Crippen molar-refractivity contribution in [3.05, 3.63) is 56.6 Å². The molecule has 2 heterocycles. The summed E-state index contributed by atoms with van der Waals surface area (Å²) in [6.45, 7) is 4.30. The SMILES string of the molecule is CCOc1ccc(C2C(C#N)=C(N)Oc3c2sc(C)c3C(=O)OC)cc1. The van der Waals surface area contributed by atoms with E-state index < -0.39 is 11.9 Å². The molecule has 134 valence electrons. The lowest BCUT2D eigenvalue weighted by Crippen LogP contribution is -2.21. The average Bonchev–Trinajstić information content (AvgIpc) is 2.96. The summed E-state index contributed by atoms with van der Waals surface area (Å²) in [5.74, 6) is 0.230. The molecule has 1 atom stereocenters. The molecule has 0 saturated carbocycles. The summed E-state index contributed by atoms with van der Waals surface area (Å²) in [5, 5.41) is 9.61. The van der Waals surface area contributed by atoms with Crippen LogP contribution in [-0.2, 0) is 4.74 Å². The van der Waals surface area contributed by atoms with Crippen LogP contribution in [0.1, 0.15) is 38.5 Å². The monoisotopic (exact) mass is 370 g/mol. The summed E-state index contributed by atoms with van der Waals surface area (Å²) >= 11 is 1.40. The van der Waals surface area contributed by atoms with Gasteiger partial charge in [-0.25, -0.2) is 4.79 Å². The molecular weight excluding hydrogens is 352 g/mol. The van der Waals surface area contributed by atoms with Crippen molar-refractivity contribution in [3.63, 3.8) is 0 Å². The molecule has 2 N–H and O–H groups in total. The van der Waals surface area contributed by atoms with E-state index in [9.17, 15) is 10.1 Å². The van der Waals surface area contributed by atoms with Crippen LogP contribution in [0.2, 0.25) is 0 Å². The largest absolute Gasteiger partial charge is 0.494 e. The van der Waals surface area contributed by atoms with Gasteiger partial charge in [0.25, 0.3) is 0 Å². The van der Waals surface area contributed by atoms with E-state index in [1.165, 1.54) is 18.4 Å². The predicted molar refractivity (Wildman–Crippen MR) is 97.3 cm³/mol. The molecule has 0 aliphatic carbocycles. The number of hydrogen-bond acceptors (Lipinski definition) is 7. The van der Waals surface area contributed by atoms with E-state index >= 15 is 0 Å². The number of thiophene rings is 1. The Hall–Kier alpha value is -2.98. The predicted octanol–water partition coefficient (Wildman–Crippen LogP) is 3.46. The summed E-state index contributed by atoms with van der Waals surface area (Å²) in [5.41, 5.74) is 7.53. The molecule has 0 saturated heterocycles. The highest BCUT2D eigenvalue weighted by atomic mass is 32.1. The fraction of sp³-hybridized carbons (Fsp3) is 0.263. The standard InChI is InChI=1S/C19H18N2O4S/c1-4-24-12-7-5-11(6-8-12)15-13(9-20)18(21)25-16-14(19(22)23-3)10(2)26-17(15)16/h5-8,15H,4,21H2,1-3H3. The van der Waals surface area contributed by atoms with Crippen LogP contribution in [0.15, 0.2) is 35.7 Å². The number of benzene rings is 1. The molecule has 1 unspecified atom stereocenters. The minimum absolute atomic E-state index is 0.00170. The van der Waals surface area contributed by atoms with Gasteiger partial charge in [0.05, 0.1) is 24.5 Å². The summed E-state index contributed by atoms with van der Waals surface area (Å²) in [4.78, 5) is 13.7. The van der Waals surface area contributed by atoms with Crippen molar-refractivity contribution in [1.82, 2.24) is 0 Å². The van der Waals surface area contributed by atoms with E-state index in [2.05, 4.69) is 6.07 Å². The number of allylic oxidation sites excluding steroid dienone is 1. The second-order valence-electron chi connectivity index (χ2n) is 5.65. The Morgan fingerprint density at radius 2 is 2.08 bits per heavy atom. The van der Waals surface area contributed by atoms with Gasteiger partial charge in [0.15, 0.2) is 5.75 Å². The van der Waals surface area contributed by atoms with Gasteiger partial charge in [-0.05, 0) is 31.5 Å². The van der Waals surface area contributed by atoms with Crippen molar-refractivity contribution in [2.45, 2.75) is 19.8 Å². The van der Waals surface area contributed by atoms with E-state index in [0.29, 0.717) is 23.5 Å². The molecule has 0 spiro atoms. The van der Waals surface area contributed by atoms with Crippen molar-refractivity contribution in [2.24, 2.45) is 5.73 Å². The van der Waals surface area contributed by atoms with Gasteiger partial charge in [-0.15, -0.1) is 11.3 Å². The van der Waals surface area contributed by atoms with Gasteiger partial charge in [-0.1, -0.05) is 12.1 Å². The maximum Gasteiger partial charge on any atom is 0.342 e. The van der Waals surface area contributed by atoms with Gasteiger partial charge in [-0.3, -0.25) is 0 Å². The molecular formula is C19H18N2O4S. The zero-order valence-electron chi connectivity index (χ0n) is 14.7. The number of hydrogen-bond donors (Lipinski definition) is 1. The lowest BCUT2D eigenvalue weighted by atomic mass is 9.88. The van der Waals surface area contributed by atoms with E-state index in [1.54, 1.807) is 0 Å². The molecule has 2 aromatic rings.